The minimum absolute atomic E-state index is 0.0310. The predicted octanol–water partition coefficient (Wildman–Crippen LogP) is 1.28. The lowest BCUT2D eigenvalue weighted by Gasteiger charge is -2.48. The number of rotatable bonds is 1. The van der Waals surface area contributed by atoms with Crippen molar-refractivity contribution in [1.29, 1.82) is 0 Å². The second-order valence-corrected chi connectivity index (χ2v) is 6.58. The fourth-order valence-corrected chi connectivity index (χ4v) is 4.05. The molecule has 1 aliphatic carbocycles. The van der Waals surface area contributed by atoms with Crippen LogP contribution in [-0.4, -0.2) is 47.2 Å². The monoisotopic (exact) mass is 266 g/mol. The largest absolute Gasteiger partial charge is 0.389 e. The van der Waals surface area contributed by atoms with E-state index in [2.05, 4.69) is 5.32 Å². The normalized spacial score (nSPS) is 39.7. The Labute approximate surface area is 115 Å². The lowest BCUT2D eigenvalue weighted by atomic mass is 9.71. The quantitative estimate of drug-likeness (QED) is 0.752. The number of amides is 1. The van der Waals surface area contributed by atoms with Crippen LogP contribution in [0.3, 0.4) is 0 Å². The van der Waals surface area contributed by atoms with Gasteiger partial charge in [-0.1, -0.05) is 19.3 Å². The van der Waals surface area contributed by atoms with E-state index in [1.165, 1.54) is 12.8 Å². The standard InChI is InChI=1S/C15H26N2O2/c18-14(13-6-2-4-9-16-13)17-10-8-15(19)7-3-1-5-12(15)11-17/h12-13,16,19H,1-11H2/t12?,13-,15?/m1/s1. The molecule has 2 heterocycles. The van der Waals surface area contributed by atoms with Gasteiger partial charge in [0.25, 0.3) is 0 Å². The molecule has 0 aromatic carbocycles. The zero-order valence-corrected chi connectivity index (χ0v) is 11.7. The minimum atomic E-state index is -0.477. The SMILES string of the molecule is O=C([C@H]1CCCCN1)N1CCC2(O)CCCCC2C1. The van der Waals surface area contributed by atoms with Gasteiger partial charge in [0.15, 0.2) is 0 Å². The molecule has 3 aliphatic rings. The molecule has 3 rings (SSSR count). The van der Waals surface area contributed by atoms with E-state index in [1.807, 2.05) is 4.90 Å². The van der Waals surface area contributed by atoms with Gasteiger partial charge in [-0.2, -0.15) is 0 Å². The molecular weight excluding hydrogens is 240 g/mol. The molecular formula is C15H26N2O2. The molecule has 108 valence electrons. The van der Waals surface area contributed by atoms with E-state index in [1.54, 1.807) is 0 Å². The minimum Gasteiger partial charge on any atom is -0.389 e. The summed E-state index contributed by atoms with van der Waals surface area (Å²) in [5, 5.41) is 14.0. The lowest BCUT2D eigenvalue weighted by molar-refractivity contribution is -0.145. The summed E-state index contributed by atoms with van der Waals surface area (Å²) in [7, 11) is 0. The number of carbonyl (C=O) groups excluding carboxylic acids is 1. The van der Waals surface area contributed by atoms with Gasteiger partial charge in [0.05, 0.1) is 11.6 Å². The van der Waals surface area contributed by atoms with E-state index in [0.717, 1.165) is 58.2 Å². The molecule has 2 saturated heterocycles. The summed E-state index contributed by atoms with van der Waals surface area (Å²) in [6.07, 6.45) is 8.46. The van der Waals surface area contributed by atoms with Gasteiger partial charge >= 0.3 is 0 Å². The van der Waals surface area contributed by atoms with Crippen LogP contribution in [0.25, 0.3) is 0 Å². The van der Waals surface area contributed by atoms with Crippen LogP contribution in [0, 0.1) is 5.92 Å². The van der Waals surface area contributed by atoms with Crippen LogP contribution in [-0.2, 0) is 4.79 Å². The van der Waals surface area contributed by atoms with Crippen molar-refractivity contribution in [3.05, 3.63) is 0 Å². The number of fused-ring (bicyclic) bond motifs is 1. The maximum Gasteiger partial charge on any atom is 0.239 e. The van der Waals surface area contributed by atoms with Crippen LogP contribution in [0.5, 0.6) is 0 Å². The first kappa shape index (κ1) is 13.4. The fourth-order valence-electron chi connectivity index (χ4n) is 4.05. The Kier molecular flexibility index (Phi) is 3.81. The molecule has 1 amide bonds. The Balaban J connectivity index is 1.62. The van der Waals surface area contributed by atoms with Crippen molar-refractivity contribution in [1.82, 2.24) is 10.2 Å². The molecule has 3 fully saturated rings. The van der Waals surface area contributed by atoms with Crippen molar-refractivity contribution in [2.75, 3.05) is 19.6 Å². The molecule has 0 spiro atoms. The summed E-state index contributed by atoms with van der Waals surface area (Å²) in [4.78, 5) is 14.5. The maximum atomic E-state index is 12.5. The summed E-state index contributed by atoms with van der Waals surface area (Å²) >= 11 is 0. The molecule has 2 N–H and O–H groups in total. The van der Waals surface area contributed by atoms with Gasteiger partial charge in [0.1, 0.15) is 0 Å². The number of hydrogen-bond acceptors (Lipinski definition) is 3. The van der Waals surface area contributed by atoms with E-state index in [4.69, 9.17) is 0 Å². The van der Waals surface area contributed by atoms with Gasteiger partial charge < -0.3 is 15.3 Å². The average molecular weight is 266 g/mol. The fraction of sp³-hybridized carbons (Fsp3) is 0.933. The van der Waals surface area contributed by atoms with Gasteiger partial charge in [-0.15, -0.1) is 0 Å². The molecule has 0 aromatic heterocycles. The highest BCUT2D eigenvalue weighted by Gasteiger charge is 2.44. The summed E-state index contributed by atoms with van der Waals surface area (Å²) in [6.45, 7) is 2.48. The van der Waals surface area contributed by atoms with Crippen LogP contribution in [0.2, 0.25) is 0 Å². The second kappa shape index (κ2) is 5.41. The zero-order chi connectivity index (χ0) is 13.3. The van der Waals surface area contributed by atoms with Crippen molar-refractivity contribution >= 4 is 5.91 Å². The first-order valence-corrected chi connectivity index (χ1v) is 7.94. The number of carbonyl (C=O) groups is 1. The van der Waals surface area contributed by atoms with Crippen LogP contribution < -0.4 is 5.32 Å². The van der Waals surface area contributed by atoms with Crippen molar-refractivity contribution < 1.29 is 9.90 Å². The van der Waals surface area contributed by atoms with Crippen LogP contribution in [0.4, 0.5) is 0 Å². The van der Waals surface area contributed by atoms with E-state index in [0.29, 0.717) is 5.92 Å². The summed E-state index contributed by atoms with van der Waals surface area (Å²) in [5.41, 5.74) is -0.477. The molecule has 0 aromatic rings. The van der Waals surface area contributed by atoms with Crippen LogP contribution in [0.15, 0.2) is 0 Å². The Morgan fingerprint density at radius 1 is 1.16 bits per heavy atom. The first-order chi connectivity index (χ1) is 9.19. The number of nitrogens with one attached hydrogen (secondary N) is 1. The molecule has 2 unspecified atom stereocenters. The highest BCUT2D eigenvalue weighted by atomic mass is 16.3. The zero-order valence-electron chi connectivity index (χ0n) is 11.7. The molecule has 4 nitrogen and oxygen atoms in total. The molecule has 0 bridgehead atoms. The highest BCUT2D eigenvalue weighted by Crippen LogP contribution is 2.39. The molecule has 4 heteroatoms. The molecule has 19 heavy (non-hydrogen) atoms. The highest BCUT2D eigenvalue weighted by molar-refractivity contribution is 5.82. The summed E-state index contributed by atoms with van der Waals surface area (Å²) in [6, 6.07) is 0.0310. The van der Waals surface area contributed by atoms with Crippen LogP contribution in [0.1, 0.15) is 51.4 Å². The van der Waals surface area contributed by atoms with Crippen LogP contribution >= 0.6 is 0 Å². The molecule has 0 radical (unpaired) electrons. The van der Waals surface area contributed by atoms with E-state index in [-0.39, 0.29) is 11.9 Å². The summed E-state index contributed by atoms with van der Waals surface area (Å²) < 4.78 is 0. The third-order valence-corrected chi connectivity index (χ3v) is 5.35. The smallest absolute Gasteiger partial charge is 0.239 e. The van der Waals surface area contributed by atoms with Gasteiger partial charge in [0.2, 0.25) is 5.91 Å². The predicted molar refractivity (Wildman–Crippen MR) is 73.7 cm³/mol. The van der Waals surface area contributed by atoms with Gasteiger partial charge in [-0.3, -0.25) is 4.79 Å². The van der Waals surface area contributed by atoms with Gasteiger partial charge in [-0.25, -0.2) is 0 Å². The Hall–Kier alpha value is -0.610. The van der Waals surface area contributed by atoms with Gasteiger partial charge in [0, 0.05) is 19.0 Å². The Morgan fingerprint density at radius 2 is 2.00 bits per heavy atom. The summed E-state index contributed by atoms with van der Waals surface area (Å²) in [5.74, 6) is 0.579. The third kappa shape index (κ3) is 2.65. The number of aliphatic hydroxyl groups is 1. The van der Waals surface area contributed by atoms with E-state index in [9.17, 15) is 9.90 Å². The number of nitrogens with zero attached hydrogens (tertiary/aromatic N) is 1. The molecule has 1 saturated carbocycles. The number of likely N-dealkylation sites (tertiary alicyclic amines) is 1. The molecule has 3 atom stereocenters. The average Bonchev–Trinajstić information content (AvgIpc) is 2.46. The van der Waals surface area contributed by atoms with E-state index < -0.39 is 5.60 Å². The topological polar surface area (TPSA) is 52.6 Å². The molecule has 2 aliphatic heterocycles. The number of hydrogen-bond donors (Lipinski definition) is 2. The van der Waals surface area contributed by atoms with Crippen molar-refractivity contribution in [3.8, 4) is 0 Å². The van der Waals surface area contributed by atoms with E-state index >= 15 is 0 Å². The number of piperidine rings is 2. The van der Waals surface area contributed by atoms with Crippen molar-refractivity contribution in [2.45, 2.75) is 63.0 Å². The van der Waals surface area contributed by atoms with Crippen molar-refractivity contribution in [2.24, 2.45) is 5.92 Å². The van der Waals surface area contributed by atoms with Gasteiger partial charge in [-0.05, 0) is 38.6 Å². The lowest BCUT2D eigenvalue weighted by Crippen LogP contribution is -2.58. The Morgan fingerprint density at radius 3 is 2.79 bits per heavy atom. The van der Waals surface area contributed by atoms with Crippen molar-refractivity contribution in [3.63, 3.8) is 0 Å². The Bertz CT molecular complexity index is 341. The maximum absolute atomic E-state index is 12.5. The second-order valence-electron chi connectivity index (χ2n) is 6.58. The third-order valence-electron chi connectivity index (χ3n) is 5.35. The first-order valence-electron chi connectivity index (χ1n) is 7.94.